The van der Waals surface area contributed by atoms with Crippen LogP contribution in [-0.4, -0.2) is 5.78 Å². The van der Waals surface area contributed by atoms with Crippen LogP contribution in [0.1, 0.15) is 22.8 Å². The summed E-state index contributed by atoms with van der Waals surface area (Å²) in [5.74, 6) is 0.297. The van der Waals surface area contributed by atoms with Gasteiger partial charge in [-0.2, -0.15) is 5.26 Å². The van der Waals surface area contributed by atoms with Crippen molar-refractivity contribution in [3.8, 4) is 6.07 Å². The number of hydrogen-bond acceptors (Lipinski definition) is 4. The van der Waals surface area contributed by atoms with E-state index >= 15 is 0 Å². The molecule has 1 aliphatic rings. The highest BCUT2D eigenvalue weighted by atomic mass is 35.5. The molecule has 0 aromatic heterocycles. The lowest BCUT2D eigenvalue weighted by Crippen LogP contribution is -2.04. The molecule has 24 heavy (non-hydrogen) atoms. The highest BCUT2D eigenvalue weighted by Gasteiger charge is 2.27. The second-order valence-electron chi connectivity index (χ2n) is 5.07. The number of allylic oxidation sites excluding steroid dienone is 2. The molecule has 0 radical (unpaired) electrons. The number of ketones is 1. The summed E-state index contributed by atoms with van der Waals surface area (Å²) >= 11 is 7.13. The third-order valence-electron chi connectivity index (χ3n) is 3.45. The Hall–Kier alpha value is -2.48. The molecule has 0 aliphatic carbocycles. The number of nitrogens with zero attached hydrogens (tertiary/aromatic N) is 1. The average Bonchev–Trinajstić information content (AvgIpc) is 2.98. The van der Waals surface area contributed by atoms with Gasteiger partial charge in [0, 0.05) is 21.1 Å². The lowest BCUT2D eigenvalue weighted by atomic mass is 10.1. The number of carbonyl (C=O) groups excluding carboxylic acids is 1. The van der Waals surface area contributed by atoms with Crippen molar-refractivity contribution in [1.82, 2.24) is 0 Å². The van der Waals surface area contributed by atoms with E-state index in [0.29, 0.717) is 21.4 Å². The molecule has 1 heterocycles. The Bertz CT molecular complexity index is 893. The van der Waals surface area contributed by atoms with E-state index in [1.54, 1.807) is 24.3 Å². The molecule has 5 heteroatoms. The molecule has 1 aliphatic heterocycles. The zero-order valence-corrected chi connectivity index (χ0v) is 14.3. The minimum absolute atomic E-state index is 0.00685. The molecule has 0 N–H and O–H groups in total. The van der Waals surface area contributed by atoms with Crippen molar-refractivity contribution in [2.24, 2.45) is 0 Å². The topological polar surface area (TPSA) is 50.1 Å². The van der Waals surface area contributed by atoms with Crippen molar-refractivity contribution >= 4 is 34.9 Å². The van der Waals surface area contributed by atoms with Crippen LogP contribution in [0.4, 0.5) is 0 Å². The summed E-state index contributed by atoms with van der Waals surface area (Å²) in [5, 5.41) is 10.3. The van der Waals surface area contributed by atoms with E-state index in [4.69, 9.17) is 16.3 Å². The van der Waals surface area contributed by atoms with E-state index in [9.17, 15) is 10.1 Å². The fourth-order valence-corrected chi connectivity index (χ4v) is 3.28. The maximum atomic E-state index is 12.6. The molecule has 2 aromatic rings. The second kappa shape index (κ2) is 6.96. The molecular weight excluding hydrogens is 342 g/mol. The predicted octanol–water partition coefficient (Wildman–Crippen LogP) is 5.41. The van der Waals surface area contributed by atoms with E-state index in [1.165, 1.54) is 11.8 Å². The first kappa shape index (κ1) is 16.4. The minimum Gasteiger partial charge on any atom is -0.447 e. The first-order valence-electron chi connectivity index (χ1n) is 7.17. The normalized spacial score (nSPS) is 15.7. The first-order valence-corrected chi connectivity index (χ1v) is 8.36. The van der Waals surface area contributed by atoms with Gasteiger partial charge in [0.1, 0.15) is 17.4 Å². The summed E-state index contributed by atoms with van der Waals surface area (Å²) in [5.41, 5.74) is 1.31. The van der Waals surface area contributed by atoms with Gasteiger partial charge in [-0.3, -0.25) is 4.79 Å². The number of thioether (sulfide) groups is 1. The van der Waals surface area contributed by atoms with Crippen LogP contribution >= 0.6 is 23.4 Å². The fourth-order valence-electron chi connectivity index (χ4n) is 2.26. The SMILES string of the molecule is CC1=C(c2ccccc2)O/C(=C(\C#N)C(=O)c2ccc(Cl)cc2)S1. The Morgan fingerprint density at radius 1 is 1.12 bits per heavy atom. The quantitative estimate of drug-likeness (QED) is 0.420. The van der Waals surface area contributed by atoms with E-state index in [-0.39, 0.29) is 11.4 Å². The van der Waals surface area contributed by atoms with Crippen LogP contribution in [-0.2, 0) is 4.74 Å². The van der Waals surface area contributed by atoms with Crippen molar-refractivity contribution in [2.45, 2.75) is 6.92 Å². The molecule has 0 amide bonds. The summed E-state index contributed by atoms with van der Waals surface area (Å²) in [4.78, 5) is 13.5. The highest BCUT2D eigenvalue weighted by Crippen LogP contribution is 2.44. The fraction of sp³-hybridized carbons (Fsp3) is 0.0526. The van der Waals surface area contributed by atoms with Crippen LogP contribution in [0.2, 0.25) is 5.02 Å². The van der Waals surface area contributed by atoms with Crippen LogP contribution in [0.15, 0.2) is 70.2 Å². The van der Waals surface area contributed by atoms with Crippen LogP contribution in [0, 0.1) is 11.3 Å². The summed E-state index contributed by atoms with van der Waals surface area (Å²) in [7, 11) is 0. The van der Waals surface area contributed by atoms with E-state index in [1.807, 2.05) is 43.3 Å². The molecule has 0 saturated heterocycles. The number of carbonyl (C=O) groups is 1. The molecule has 0 bridgehead atoms. The largest absolute Gasteiger partial charge is 0.447 e. The smallest absolute Gasteiger partial charge is 0.207 e. The lowest BCUT2D eigenvalue weighted by Gasteiger charge is -2.06. The maximum absolute atomic E-state index is 12.6. The molecule has 3 rings (SSSR count). The Morgan fingerprint density at radius 3 is 2.42 bits per heavy atom. The Kier molecular flexibility index (Phi) is 4.75. The van der Waals surface area contributed by atoms with Gasteiger partial charge in [0.05, 0.1) is 0 Å². The van der Waals surface area contributed by atoms with Crippen molar-refractivity contribution in [3.05, 3.63) is 86.3 Å². The lowest BCUT2D eigenvalue weighted by molar-refractivity contribution is 0.103. The molecule has 0 fully saturated rings. The number of rotatable bonds is 3. The van der Waals surface area contributed by atoms with E-state index in [2.05, 4.69) is 0 Å². The molecule has 0 spiro atoms. The Morgan fingerprint density at radius 2 is 1.79 bits per heavy atom. The van der Waals surface area contributed by atoms with Gasteiger partial charge >= 0.3 is 0 Å². The van der Waals surface area contributed by atoms with Crippen LogP contribution in [0.5, 0.6) is 0 Å². The van der Waals surface area contributed by atoms with Crippen molar-refractivity contribution in [2.75, 3.05) is 0 Å². The number of hydrogen-bond donors (Lipinski definition) is 0. The summed E-state index contributed by atoms with van der Waals surface area (Å²) < 4.78 is 5.83. The van der Waals surface area contributed by atoms with Crippen LogP contribution in [0.3, 0.4) is 0 Å². The number of halogens is 1. The molecule has 0 atom stereocenters. The minimum atomic E-state index is -0.376. The van der Waals surface area contributed by atoms with Gasteiger partial charge in [-0.1, -0.05) is 53.7 Å². The number of ether oxygens (including phenoxy) is 1. The highest BCUT2D eigenvalue weighted by molar-refractivity contribution is 8.07. The molecule has 2 aromatic carbocycles. The standard InChI is InChI=1S/C19H12ClNO2S/c1-12-18(14-5-3-2-4-6-14)23-19(24-12)16(11-21)17(22)13-7-9-15(20)10-8-13/h2-10H,1H3/b19-16-. The van der Waals surface area contributed by atoms with Crippen molar-refractivity contribution in [1.29, 1.82) is 5.26 Å². The zero-order chi connectivity index (χ0) is 17.1. The van der Waals surface area contributed by atoms with Crippen molar-refractivity contribution < 1.29 is 9.53 Å². The molecule has 0 unspecified atom stereocenters. The molecule has 0 saturated carbocycles. The summed E-state index contributed by atoms with van der Waals surface area (Å²) in [6.45, 7) is 1.90. The van der Waals surface area contributed by atoms with Crippen LogP contribution in [0.25, 0.3) is 5.76 Å². The second-order valence-corrected chi connectivity index (χ2v) is 6.69. The Balaban J connectivity index is 1.93. The van der Waals surface area contributed by atoms with Gasteiger partial charge in [0.25, 0.3) is 0 Å². The third kappa shape index (κ3) is 3.23. The Labute approximate surface area is 149 Å². The third-order valence-corrected chi connectivity index (χ3v) is 4.66. The summed E-state index contributed by atoms with van der Waals surface area (Å²) in [6, 6.07) is 18.0. The first-order chi connectivity index (χ1) is 11.6. The molecule has 3 nitrogen and oxygen atoms in total. The monoisotopic (exact) mass is 353 g/mol. The van der Waals surface area contributed by atoms with Gasteiger partial charge in [-0.05, 0) is 31.2 Å². The van der Waals surface area contributed by atoms with Gasteiger partial charge in [0.2, 0.25) is 5.78 Å². The zero-order valence-electron chi connectivity index (χ0n) is 12.7. The van der Waals surface area contributed by atoms with Crippen LogP contribution < -0.4 is 0 Å². The maximum Gasteiger partial charge on any atom is 0.207 e. The number of benzene rings is 2. The van der Waals surface area contributed by atoms with E-state index in [0.717, 1.165) is 10.5 Å². The molecular formula is C19H12ClNO2S. The predicted molar refractivity (Wildman–Crippen MR) is 96.1 cm³/mol. The van der Waals surface area contributed by atoms with Gasteiger partial charge in [0.15, 0.2) is 5.09 Å². The van der Waals surface area contributed by atoms with Gasteiger partial charge in [-0.15, -0.1) is 0 Å². The average molecular weight is 354 g/mol. The van der Waals surface area contributed by atoms with Crippen molar-refractivity contribution in [3.63, 3.8) is 0 Å². The summed E-state index contributed by atoms with van der Waals surface area (Å²) in [6.07, 6.45) is 0. The number of Topliss-reactive ketones (excluding diaryl/α,β-unsaturated/α-hetero) is 1. The van der Waals surface area contributed by atoms with Gasteiger partial charge < -0.3 is 4.74 Å². The van der Waals surface area contributed by atoms with Gasteiger partial charge in [-0.25, -0.2) is 0 Å². The molecule has 118 valence electrons. The number of nitriles is 1. The van der Waals surface area contributed by atoms with E-state index < -0.39 is 0 Å².